The lowest BCUT2D eigenvalue weighted by Gasteiger charge is -2.18. The van der Waals surface area contributed by atoms with Crippen LogP contribution in [0.5, 0.6) is 0 Å². The number of hydrogen-bond donors (Lipinski definition) is 0. The Balaban J connectivity index is 2.21. The third-order valence-corrected chi connectivity index (χ3v) is 2.52. The van der Waals surface area contributed by atoms with Crippen molar-refractivity contribution in [1.82, 2.24) is 4.90 Å². The monoisotopic (exact) mass is 209 g/mol. The Labute approximate surface area is 86.7 Å². The SMILES string of the molecule is O=C1C=C(N2CCCCCC2=O)C(=O)O1. The van der Waals surface area contributed by atoms with Gasteiger partial charge in [-0.15, -0.1) is 0 Å². The topological polar surface area (TPSA) is 63.7 Å². The van der Waals surface area contributed by atoms with Gasteiger partial charge in [0.1, 0.15) is 5.70 Å². The van der Waals surface area contributed by atoms with Crippen LogP contribution in [-0.2, 0) is 19.1 Å². The molecule has 1 fully saturated rings. The summed E-state index contributed by atoms with van der Waals surface area (Å²) < 4.78 is 4.35. The number of cyclic esters (lactones) is 2. The van der Waals surface area contributed by atoms with Crippen molar-refractivity contribution in [3.05, 3.63) is 11.8 Å². The van der Waals surface area contributed by atoms with E-state index in [0.717, 1.165) is 25.3 Å². The van der Waals surface area contributed by atoms with Gasteiger partial charge in [0.2, 0.25) is 5.91 Å². The molecule has 0 aromatic heterocycles. The Morgan fingerprint density at radius 2 is 1.93 bits per heavy atom. The largest absolute Gasteiger partial charge is 0.385 e. The summed E-state index contributed by atoms with van der Waals surface area (Å²) in [5.74, 6) is -1.51. The average molecular weight is 209 g/mol. The molecule has 1 amide bonds. The fraction of sp³-hybridized carbons (Fsp3) is 0.500. The number of likely N-dealkylation sites (tertiary alicyclic amines) is 1. The predicted molar refractivity (Wildman–Crippen MR) is 49.4 cm³/mol. The first kappa shape index (κ1) is 9.89. The number of amides is 1. The molecule has 1 saturated heterocycles. The van der Waals surface area contributed by atoms with Crippen molar-refractivity contribution >= 4 is 17.8 Å². The van der Waals surface area contributed by atoms with E-state index in [-0.39, 0.29) is 11.6 Å². The highest BCUT2D eigenvalue weighted by Crippen LogP contribution is 2.19. The average Bonchev–Trinajstić information content (AvgIpc) is 2.39. The van der Waals surface area contributed by atoms with Crippen LogP contribution in [0.1, 0.15) is 25.7 Å². The van der Waals surface area contributed by atoms with Gasteiger partial charge in [-0.1, -0.05) is 6.42 Å². The Bertz CT molecular complexity index is 358. The van der Waals surface area contributed by atoms with Gasteiger partial charge < -0.3 is 9.64 Å². The van der Waals surface area contributed by atoms with E-state index in [4.69, 9.17) is 0 Å². The maximum atomic E-state index is 11.6. The fourth-order valence-electron chi connectivity index (χ4n) is 1.77. The molecule has 0 spiro atoms. The van der Waals surface area contributed by atoms with Crippen molar-refractivity contribution in [3.8, 4) is 0 Å². The summed E-state index contributed by atoms with van der Waals surface area (Å²) in [6.07, 6.45) is 4.18. The molecule has 2 aliphatic rings. The molecular weight excluding hydrogens is 198 g/mol. The molecule has 5 nitrogen and oxygen atoms in total. The number of nitrogens with zero attached hydrogens (tertiary/aromatic N) is 1. The number of rotatable bonds is 1. The van der Waals surface area contributed by atoms with Crippen LogP contribution in [0.4, 0.5) is 0 Å². The number of esters is 2. The van der Waals surface area contributed by atoms with Gasteiger partial charge in [0.15, 0.2) is 0 Å². The van der Waals surface area contributed by atoms with Crippen LogP contribution >= 0.6 is 0 Å². The van der Waals surface area contributed by atoms with Crippen LogP contribution in [0.3, 0.4) is 0 Å². The first-order valence-corrected chi connectivity index (χ1v) is 4.96. The van der Waals surface area contributed by atoms with Gasteiger partial charge in [-0.3, -0.25) is 4.79 Å². The second kappa shape index (κ2) is 3.84. The predicted octanol–water partition coefficient (Wildman–Crippen LogP) is 0.356. The maximum absolute atomic E-state index is 11.6. The Morgan fingerprint density at radius 1 is 1.13 bits per heavy atom. The van der Waals surface area contributed by atoms with E-state index in [2.05, 4.69) is 4.74 Å². The number of carbonyl (C=O) groups is 3. The molecule has 0 bridgehead atoms. The van der Waals surface area contributed by atoms with Gasteiger partial charge in [-0.2, -0.15) is 0 Å². The van der Waals surface area contributed by atoms with E-state index in [1.807, 2.05) is 0 Å². The zero-order valence-corrected chi connectivity index (χ0v) is 8.19. The molecular formula is C10H11NO4. The lowest BCUT2D eigenvalue weighted by Crippen LogP contribution is -2.32. The first-order chi connectivity index (χ1) is 7.18. The van der Waals surface area contributed by atoms with E-state index in [0.29, 0.717) is 13.0 Å². The normalized spacial score (nSPS) is 22.5. The fourth-order valence-corrected chi connectivity index (χ4v) is 1.77. The molecule has 2 aliphatic heterocycles. The molecule has 0 saturated carbocycles. The Morgan fingerprint density at radius 3 is 2.60 bits per heavy atom. The summed E-state index contributed by atoms with van der Waals surface area (Å²) in [6, 6.07) is 0. The van der Waals surface area contributed by atoms with E-state index in [1.165, 1.54) is 4.90 Å². The molecule has 0 N–H and O–H groups in total. The van der Waals surface area contributed by atoms with Crippen molar-refractivity contribution in [3.63, 3.8) is 0 Å². The lowest BCUT2D eigenvalue weighted by atomic mass is 10.2. The molecule has 2 rings (SSSR count). The van der Waals surface area contributed by atoms with Gasteiger partial charge in [0.25, 0.3) is 0 Å². The minimum Gasteiger partial charge on any atom is -0.385 e. The summed E-state index contributed by atoms with van der Waals surface area (Å²) in [5.41, 5.74) is 0.0897. The van der Waals surface area contributed by atoms with Crippen molar-refractivity contribution in [2.45, 2.75) is 25.7 Å². The molecule has 0 aromatic carbocycles. The van der Waals surface area contributed by atoms with Crippen LogP contribution in [0.15, 0.2) is 11.8 Å². The number of carbonyl (C=O) groups excluding carboxylic acids is 3. The molecule has 0 atom stereocenters. The van der Waals surface area contributed by atoms with Crippen molar-refractivity contribution in [1.29, 1.82) is 0 Å². The van der Waals surface area contributed by atoms with Crippen molar-refractivity contribution in [2.75, 3.05) is 6.54 Å². The zero-order chi connectivity index (χ0) is 10.8. The molecule has 0 radical (unpaired) electrons. The van der Waals surface area contributed by atoms with Crippen molar-refractivity contribution < 1.29 is 19.1 Å². The minimum absolute atomic E-state index is 0.0897. The molecule has 80 valence electrons. The third-order valence-electron chi connectivity index (χ3n) is 2.52. The molecule has 0 aromatic rings. The van der Waals surface area contributed by atoms with Crippen LogP contribution in [0.25, 0.3) is 0 Å². The lowest BCUT2D eigenvalue weighted by molar-refractivity contribution is -0.152. The highest BCUT2D eigenvalue weighted by molar-refractivity contribution is 6.10. The quantitative estimate of drug-likeness (QED) is 0.462. The van der Waals surface area contributed by atoms with Gasteiger partial charge in [-0.25, -0.2) is 9.59 Å². The second-order valence-corrected chi connectivity index (χ2v) is 3.59. The first-order valence-electron chi connectivity index (χ1n) is 4.96. The van der Waals surface area contributed by atoms with Gasteiger partial charge >= 0.3 is 11.9 Å². The van der Waals surface area contributed by atoms with Crippen LogP contribution in [-0.4, -0.2) is 29.3 Å². The molecule has 15 heavy (non-hydrogen) atoms. The second-order valence-electron chi connectivity index (χ2n) is 3.59. The minimum atomic E-state index is -0.713. The molecule has 0 unspecified atom stereocenters. The summed E-state index contributed by atoms with van der Waals surface area (Å²) in [6.45, 7) is 0.493. The standard InChI is InChI=1S/C10H11NO4/c12-8-4-2-1-3-5-11(8)7-6-9(13)15-10(7)14/h6H,1-5H2. The zero-order valence-electron chi connectivity index (χ0n) is 8.19. The van der Waals surface area contributed by atoms with E-state index in [9.17, 15) is 14.4 Å². The molecule has 2 heterocycles. The van der Waals surface area contributed by atoms with Crippen molar-refractivity contribution in [2.24, 2.45) is 0 Å². The highest BCUT2D eigenvalue weighted by atomic mass is 16.6. The smallest absolute Gasteiger partial charge is 0.363 e. The van der Waals surface area contributed by atoms with Crippen LogP contribution < -0.4 is 0 Å². The molecule has 0 aliphatic carbocycles. The highest BCUT2D eigenvalue weighted by Gasteiger charge is 2.32. The Kier molecular flexibility index (Phi) is 2.53. The Hall–Kier alpha value is -1.65. The maximum Gasteiger partial charge on any atom is 0.363 e. The third kappa shape index (κ3) is 1.91. The molecule has 5 heteroatoms. The van der Waals surface area contributed by atoms with E-state index >= 15 is 0 Å². The van der Waals surface area contributed by atoms with E-state index < -0.39 is 11.9 Å². The number of hydrogen-bond acceptors (Lipinski definition) is 4. The summed E-state index contributed by atoms with van der Waals surface area (Å²) >= 11 is 0. The summed E-state index contributed by atoms with van der Waals surface area (Å²) in [7, 11) is 0. The van der Waals surface area contributed by atoms with Crippen LogP contribution in [0, 0.1) is 0 Å². The summed E-state index contributed by atoms with van der Waals surface area (Å²) in [5, 5.41) is 0. The van der Waals surface area contributed by atoms with Crippen LogP contribution in [0.2, 0.25) is 0 Å². The number of ether oxygens (including phenoxy) is 1. The van der Waals surface area contributed by atoms with Gasteiger partial charge in [0.05, 0.1) is 6.08 Å². The van der Waals surface area contributed by atoms with Gasteiger partial charge in [-0.05, 0) is 12.8 Å². The van der Waals surface area contributed by atoms with Gasteiger partial charge in [0, 0.05) is 13.0 Å². The van der Waals surface area contributed by atoms with E-state index in [1.54, 1.807) is 0 Å². The summed E-state index contributed by atoms with van der Waals surface area (Å²) in [4.78, 5) is 35.1.